The van der Waals surface area contributed by atoms with Crippen molar-refractivity contribution >= 4 is 5.91 Å². The maximum absolute atomic E-state index is 12.1. The van der Waals surface area contributed by atoms with Gasteiger partial charge in [0.15, 0.2) is 0 Å². The number of hydrogen-bond acceptors (Lipinski definition) is 3. The summed E-state index contributed by atoms with van der Waals surface area (Å²) < 4.78 is 7.26. The van der Waals surface area contributed by atoms with Gasteiger partial charge >= 0.3 is 0 Å². The fourth-order valence-electron chi connectivity index (χ4n) is 3.37. The van der Waals surface area contributed by atoms with E-state index < -0.39 is 0 Å². The van der Waals surface area contributed by atoms with E-state index in [0.717, 1.165) is 37.8 Å². The molecular weight excluding hydrogens is 268 g/mol. The zero-order chi connectivity index (χ0) is 14.8. The third-order valence-corrected chi connectivity index (χ3v) is 4.47. The van der Waals surface area contributed by atoms with Crippen LogP contribution in [0.1, 0.15) is 37.4 Å². The fraction of sp³-hybridized carbons (Fsp3) is 0.625. The highest BCUT2D eigenvalue weighted by Gasteiger charge is 2.28. The summed E-state index contributed by atoms with van der Waals surface area (Å²) >= 11 is 0. The molecule has 21 heavy (non-hydrogen) atoms. The van der Waals surface area contributed by atoms with Crippen LogP contribution in [-0.2, 0) is 28.9 Å². The molecule has 1 fully saturated rings. The van der Waals surface area contributed by atoms with Crippen LogP contribution in [0.4, 0.5) is 0 Å². The molecule has 0 bridgehead atoms. The average molecular weight is 290 g/mol. The van der Waals surface area contributed by atoms with E-state index in [1.54, 1.807) is 6.07 Å². The lowest BCUT2D eigenvalue weighted by Gasteiger charge is -2.28. The fourth-order valence-corrected chi connectivity index (χ4v) is 3.37. The van der Waals surface area contributed by atoms with Crippen LogP contribution >= 0.6 is 0 Å². The van der Waals surface area contributed by atoms with Crippen LogP contribution in [0.3, 0.4) is 0 Å². The molecule has 1 N–H and O–H groups in total. The summed E-state index contributed by atoms with van der Waals surface area (Å²) in [6, 6.07) is 3.69. The number of rotatable bonds is 3. The molecule has 114 valence electrons. The van der Waals surface area contributed by atoms with Crippen molar-refractivity contribution in [1.29, 1.82) is 0 Å². The van der Waals surface area contributed by atoms with Crippen LogP contribution in [0, 0.1) is 0 Å². The molecule has 3 rings (SSSR count). The summed E-state index contributed by atoms with van der Waals surface area (Å²) in [5.41, 5.74) is 2.38. The van der Waals surface area contributed by atoms with Crippen LogP contribution < -0.4 is 10.9 Å². The van der Waals surface area contributed by atoms with Crippen molar-refractivity contribution in [2.45, 2.75) is 57.7 Å². The van der Waals surface area contributed by atoms with Gasteiger partial charge in [-0.2, -0.15) is 0 Å². The number of pyridine rings is 1. The molecule has 0 radical (unpaired) electrons. The Morgan fingerprint density at radius 1 is 1.43 bits per heavy atom. The van der Waals surface area contributed by atoms with Crippen molar-refractivity contribution in [2.75, 3.05) is 6.61 Å². The Morgan fingerprint density at radius 2 is 2.29 bits per heavy atom. The molecule has 1 amide bonds. The highest BCUT2D eigenvalue weighted by atomic mass is 16.5. The number of nitrogens with one attached hydrogen (secondary N) is 1. The minimum absolute atomic E-state index is 0.0183. The number of ether oxygens (including phenoxy) is 1. The number of carbonyl (C=O) groups excluding carboxylic acids is 1. The number of amides is 1. The van der Waals surface area contributed by atoms with E-state index in [-0.39, 0.29) is 23.6 Å². The molecule has 2 heterocycles. The molecule has 1 aromatic rings. The lowest BCUT2D eigenvalue weighted by Crippen LogP contribution is -2.44. The molecule has 5 nitrogen and oxygen atoms in total. The summed E-state index contributed by atoms with van der Waals surface area (Å²) in [6.45, 7) is 3.39. The first-order chi connectivity index (χ1) is 10.2. The predicted molar refractivity (Wildman–Crippen MR) is 79.3 cm³/mol. The summed E-state index contributed by atoms with van der Waals surface area (Å²) in [6.07, 6.45) is 4.05. The van der Waals surface area contributed by atoms with Gasteiger partial charge in [-0.15, -0.1) is 0 Å². The van der Waals surface area contributed by atoms with Gasteiger partial charge in [0.05, 0.1) is 0 Å². The first-order valence-corrected chi connectivity index (χ1v) is 7.82. The maximum atomic E-state index is 12.1. The van der Waals surface area contributed by atoms with E-state index in [9.17, 15) is 9.59 Å². The number of carbonyl (C=O) groups is 1. The van der Waals surface area contributed by atoms with Crippen molar-refractivity contribution in [1.82, 2.24) is 9.88 Å². The van der Waals surface area contributed by atoms with Gasteiger partial charge < -0.3 is 14.6 Å². The van der Waals surface area contributed by atoms with Crippen LogP contribution in [0.15, 0.2) is 16.9 Å². The van der Waals surface area contributed by atoms with Gasteiger partial charge in [0.1, 0.15) is 6.10 Å². The Kier molecular flexibility index (Phi) is 4.10. The van der Waals surface area contributed by atoms with Gasteiger partial charge in [0, 0.05) is 31.0 Å². The highest BCUT2D eigenvalue weighted by molar-refractivity contribution is 5.81. The van der Waals surface area contributed by atoms with Crippen molar-refractivity contribution in [2.24, 2.45) is 0 Å². The molecule has 1 aliphatic carbocycles. The van der Waals surface area contributed by atoms with Gasteiger partial charge in [-0.1, -0.05) is 6.07 Å². The summed E-state index contributed by atoms with van der Waals surface area (Å²) in [4.78, 5) is 23.9. The quantitative estimate of drug-likeness (QED) is 0.904. The van der Waals surface area contributed by atoms with Gasteiger partial charge in [-0.3, -0.25) is 9.59 Å². The standard InChI is InChI=1S/C16H22N2O3/c1-2-18-13-7-6-12(10-11(13)5-8-15(18)19)17-16(20)14-4-3-9-21-14/h5,8,12,14H,2-4,6-7,9-10H2,1H3,(H,17,20)/t12-,14-/m1/s1. The number of nitrogens with zero attached hydrogens (tertiary/aromatic N) is 1. The molecule has 0 spiro atoms. The Hall–Kier alpha value is -1.62. The first-order valence-electron chi connectivity index (χ1n) is 7.82. The Morgan fingerprint density at radius 3 is 3.00 bits per heavy atom. The number of fused-ring (bicyclic) bond motifs is 1. The third kappa shape index (κ3) is 2.88. The molecule has 1 saturated heterocycles. The summed E-state index contributed by atoms with van der Waals surface area (Å²) in [5.74, 6) is 0.0183. The average Bonchev–Trinajstić information content (AvgIpc) is 3.02. The molecule has 1 aromatic heterocycles. The molecule has 5 heteroatoms. The number of hydrogen-bond donors (Lipinski definition) is 1. The summed E-state index contributed by atoms with van der Waals surface area (Å²) in [5, 5.41) is 3.10. The van der Waals surface area contributed by atoms with Gasteiger partial charge in [0.2, 0.25) is 5.91 Å². The maximum Gasteiger partial charge on any atom is 0.250 e. The van der Waals surface area contributed by atoms with E-state index in [4.69, 9.17) is 4.74 Å². The molecule has 2 atom stereocenters. The van der Waals surface area contributed by atoms with E-state index in [0.29, 0.717) is 13.2 Å². The predicted octanol–water partition coefficient (Wildman–Crippen LogP) is 1.02. The van der Waals surface area contributed by atoms with Gasteiger partial charge in [0.25, 0.3) is 5.56 Å². The lowest BCUT2D eigenvalue weighted by atomic mass is 9.91. The topological polar surface area (TPSA) is 60.3 Å². The second kappa shape index (κ2) is 6.02. The SMILES string of the molecule is CCn1c2c(ccc1=O)C[C@H](NC(=O)[C@H]1CCCO1)CC2. The third-order valence-electron chi connectivity index (χ3n) is 4.47. The molecule has 1 aliphatic heterocycles. The van der Waals surface area contributed by atoms with Crippen LogP contribution in [-0.4, -0.2) is 29.2 Å². The minimum Gasteiger partial charge on any atom is -0.368 e. The van der Waals surface area contributed by atoms with E-state index >= 15 is 0 Å². The largest absolute Gasteiger partial charge is 0.368 e. The molecule has 2 aliphatic rings. The normalized spacial score (nSPS) is 24.6. The zero-order valence-electron chi connectivity index (χ0n) is 12.4. The molecular formula is C16H22N2O3. The van der Waals surface area contributed by atoms with Gasteiger partial charge in [-0.05, 0) is 44.6 Å². The summed E-state index contributed by atoms with van der Waals surface area (Å²) in [7, 11) is 0. The van der Waals surface area contributed by atoms with Crippen LogP contribution in [0.5, 0.6) is 0 Å². The zero-order valence-corrected chi connectivity index (χ0v) is 12.4. The molecule has 0 saturated carbocycles. The van der Waals surface area contributed by atoms with Crippen molar-refractivity contribution in [3.05, 3.63) is 33.7 Å². The Balaban J connectivity index is 1.70. The Bertz CT molecular complexity index is 588. The molecule has 0 unspecified atom stereocenters. The van der Waals surface area contributed by atoms with Crippen molar-refractivity contribution in [3.8, 4) is 0 Å². The second-order valence-corrected chi connectivity index (χ2v) is 5.84. The highest BCUT2D eigenvalue weighted by Crippen LogP contribution is 2.21. The van der Waals surface area contributed by atoms with Crippen LogP contribution in [0.25, 0.3) is 0 Å². The Labute approximate surface area is 124 Å². The van der Waals surface area contributed by atoms with E-state index in [1.165, 1.54) is 5.56 Å². The first kappa shape index (κ1) is 14.3. The monoisotopic (exact) mass is 290 g/mol. The van der Waals surface area contributed by atoms with E-state index in [1.807, 2.05) is 17.6 Å². The molecule has 0 aromatic carbocycles. The van der Waals surface area contributed by atoms with Crippen LogP contribution in [0.2, 0.25) is 0 Å². The minimum atomic E-state index is -0.268. The lowest BCUT2D eigenvalue weighted by molar-refractivity contribution is -0.130. The van der Waals surface area contributed by atoms with Gasteiger partial charge in [-0.25, -0.2) is 0 Å². The smallest absolute Gasteiger partial charge is 0.250 e. The van der Waals surface area contributed by atoms with Crippen molar-refractivity contribution in [3.63, 3.8) is 0 Å². The number of aromatic nitrogens is 1. The van der Waals surface area contributed by atoms with Crippen molar-refractivity contribution < 1.29 is 9.53 Å². The van der Waals surface area contributed by atoms with E-state index in [2.05, 4.69) is 5.32 Å². The second-order valence-electron chi connectivity index (χ2n) is 5.84.